The second-order valence-corrected chi connectivity index (χ2v) is 12.9. The van der Waals surface area contributed by atoms with E-state index in [-0.39, 0.29) is 0 Å². The van der Waals surface area contributed by atoms with Gasteiger partial charge in [0.2, 0.25) is 0 Å². The summed E-state index contributed by atoms with van der Waals surface area (Å²) in [5, 5.41) is 28.3. The van der Waals surface area contributed by atoms with Gasteiger partial charge in [0.1, 0.15) is 36.1 Å². The van der Waals surface area contributed by atoms with Gasteiger partial charge in [0.15, 0.2) is 0 Å². The minimum atomic E-state index is -0.626. The van der Waals surface area contributed by atoms with E-state index >= 15 is 0 Å². The Bertz CT molecular complexity index is 1380. The molecular weight excluding hydrogens is 580 g/mol. The monoisotopic (exact) mass is 626 g/mol. The largest absolute Gasteiger partial charge is 0.489 e. The van der Waals surface area contributed by atoms with Gasteiger partial charge in [-0.05, 0) is 88.1 Å². The zero-order valence-electron chi connectivity index (χ0n) is 27.8. The maximum absolute atomic E-state index is 13.2. The molecule has 2 radical (unpaired) electrons. The van der Waals surface area contributed by atoms with Crippen molar-refractivity contribution in [3.8, 4) is 33.8 Å². The Balaban J connectivity index is 1.22. The van der Waals surface area contributed by atoms with Crippen molar-refractivity contribution in [1.29, 1.82) is 0 Å². The smallest absolute Gasteiger partial charge is 0.145 e. The van der Waals surface area contributed by atoms with Gasteiger partial charge in [-0.25, -0.2) is 10.1 Å². The quantitative estimate of drug-likeness (QED) is 0.0973. The molecule has 8 heteroatoms. The predicted octanol–water partition coefficient (Wildman–Crippen LogP) is 8.41. The van der Waals surface area contributed by atoms with Crippen molar-refractivity contribution in [1.82, 2.24) is 0 Å². The van der Waals surface area contributed by atoms with Crippen LogP contribution in [0.15, 0.2) is 97.1 Å². The van der Waals surface area contributed by atoms with Crippen LogP contribution in [0.5, 0.6) is 11.5 Å². The lowest BCUT2D eigenvalue weighted by Crippen LogP contribution is -2.37. The van der Waals surface area contributed by atoms with Gasteiger partial charge in [-0.3, -0.25) is 0 Å². The summed E-state index contributed by atoms with van der Waals surface area (Å²) in [7, 11) is 0. The molecule has 4 rings (SSSR count). The van der Waals surface area contributed by atoms with Crippen LogP contribution in [0.3, 0.4) is 0 Å². The van der Waals surface area contributed by atoms with E-state index < -0.39 is 11.1 Å². The highest BCUT2D eigenvalue weighted by Crippen LogP contribution is 2.37. The zero-order chi connectivity index (χ0) is 33.2. The third kappa shape index (κ3) is 9.71. The van der Waals surface area contributed by atoms with Gasteiger partial charge < -0.3 is 18.9 Å². The van der Waals surface area contributed by atoms with Crippen LogP contribution in [0.25, 0.3) is 22.3 Å². The number of nitrogens with zero attached hydrogens (tertiary/aromatic N) is 2. The number of hydrogen-bond acceptors (Lipinski definition) is 6. The molecule has 0 unspecified atom stereocenters. The number of rotatable bonds is 15. The highest BCUT2D eigenvalue weighted by Gasteiger charge is 2.26. The number of anilines is 2. The topological polar surface area (TPSA) is 83.2 Å². The second-order valence-electron chi connectivity index (χ2n) is 12.9. The Hall–Kier alpha value is -4.08. The lowest BCUT2D eigenvalue weighted by Gasteiger charge is -2.30. The summed E-state index contributed by atoms with van der Waals surface area (Å²) in [5.41, 5.74) is 3.68. The molecule has 0 spiro atoms. The SMILES string of the molecule is CC(C)(C)N([O])c1cc(-c2ccccc2)ccc1OCCOCCOCCOc1ccc(-c2ccccc2)cc1N([O])C(C)(C)C. The van der Waals surface area contributed by atoms with Crippen LogP contribution in [-0.2, 0) is 19.9 Å². The zero-order valence-corrected chi connectivity index (χ0v) is 27.8. The molecule has 244 valence electrons. The van der Waals surface area contributed by atoms with E-state index in [0.717, 1.165) is 32.4 Å². The van der Waals surface area contributed by atoms with Crippen LogP contribution >= 0.6 is 0 Å². The normalized spacial score (nSPS) is 11.7. The molecule has 0 aliphatic carbocycles. The molecule has 0 atom stereocenters. The molecule has 8 nitrogen and oxygen atoms in total. The first kappa shape index (κ1) is 34.8. The molecule has 0 aliphatic rings. The van der Waals surface area contributed by atoms with Crippen molar-refractivity contribution in [2.45, 2.75) is 52.6 Å². The van der Waals surface area contributed by atoms with Gasteiger partial charge in [0.05, 0.1) is 37.5 Å². The molecule has 0 aliphatic heterocycles. The molecule has 4 aromatic rings. The van der Waals surface area contributed by atoms with Gasteiger partial charge >= 0.3 is 0 Å². The molecule has 0 heterocycles. The number of ether oxygens (including phenoxy) is 4. The Labute approximate surface area is 273 Å². The maximum Gasteiger partial charge on any atom is 0.145 e. The van der Waals surface area contributed by atoms with E-state index in [0.29, 0.717) is 62.5 Å². The molecule has 0 amide bonds. The molecule has 0 saturated carbocycles. The van der Waals surface area contributed by atoms with Crippen molar-refractivity contribution in [3.05, 3.63) is 97.1 Å². The van der Waals surface area contributed by atoms with E-state index in [1.807, 2.05) is 139 Å². The fraction of sp³-hybridized carbons (Fsp3) is 0.368. The van der Waals surface area contributed by atoms with E-state index in [2.05, 4.69) is 0 Å². The summed E-state index contributed by atoms with van der Waals surface area (Å²) in [5.74, 6) is 1.03. The van der Waals surface area contributed by atoms with Crippen LogP contribution in [-0.4, -0.2) is 50.7 Å². The number of hydroxylamine groups is 2. The summed E-state index contributed by atoms with van der Waals surface area (Å²) in [6.45, 7) is 13.3. The van der Waals surface area contributed by atoms with E-state index in [1.165, 1.54) is 0 Å². The fourth-order valence-corrected chi connectivity index (χ4v) is 4.68. The summed E-state index contributed by atoms with van der Waals surface area (Å²) < 4.78 is 23.3. The average Bonchev–Trinajstić information content (AvgIpc) is 3.05. The first-order valence-corrected chi connectivity index (χ1v) is 15.7. The van der Waals surface area contributed by atoms with E-state index in [1.54, 1.807) is 0 Å². The van der Waals surface area contributed by atoms with Gasteiger partial charge in [-0.2, -0.15) is 0 Å². The minimum Gasteiger partial charge on any atom is -0.489 e. The summed E-state index contributed by atoms with van der Waals surface area (Å²) in [6, 6.07) is 31.2. The van der Waals surface area contributed by atoms with Gasteiger partial charge in [0, 0.05) is 0 Å². The molecule has 4 aromatic carbocycles. The van der Waals surface area contributed by atoms with Gasteiger partial charge in [-0.1, -0.05) is 83.2 Å². The fourth-order valence-electron chi connectivity index (χ4n) is 4.68. The third-order valence-corrected chi connectivity index (χ3v) is 7.13. The predicted molar refractivity (Wildman–Crippen MR) is 182 cm³/mol. The summed E-state index contributed by atoms with van der Waals surface area (Å²) in [6.07, 6.45) is 0. The standard InChI is InChI=1S/C38H46N2O6/c1-37(2,3)39(41)33-27-31(29-13-9-7-10-14-29)17-19-35(33)45-25-23-43-21-22-44-24-26-46-36-20-18-32(30-15-11-8-12-16-30)28-34(36)40(42)38(4,5)6/h7-20,27-28H,21-26H2,1-6H3. The van der Waals surface area contributed by atoms with E-state index in [4.69, 9.17) is 18.9 Å². The Kier molecular flexibility index (Phi) is 12.1. The van der Waals surface area contributed by atoms with Gasteiger partial charge in [0.25, 0.3) is 0 Å². The van der Waals surface area contributed by atoms with Gasteiger partial charge in [-0.15, -0.1) is 0 Å². The Morgan fingerprint density at radius 1 is 0.457 bits per heavy atom. The van der Waals surface area contributed by atoms with E-state index in [9.17, 15) is 10.4 Å². The van der Waals surface area contributed by atoms with Crippen LogP contribution in [0.1, 0.15) is 41.5 Å². The molecule has 0 N–H and O–H groups in total. The highest BCUT2D eigenvalue weighted by molar-refractivity contribution is 5.73. The third-order valence-electron chi connectivity index (χ3n) is 7.13. The summed E-state index contributed by atoms with van der Waals surface area (Å²) in [4.78, 5) is 0. The molecule has 0 fully saturated rings. The van der Waals surface area contributed by atoms with Crippen molar-refractivity contribution < 1.29 is 29.4 Å². The number of benzene rings is 4. The molecular formula is C38H46N2O6. The highest BCUT2D eigenvalue weighted by atomic mass is 16.6. The molecule has 46 heavy (non-hydrogen) atoms. The first-order chi connectivity index (χ1) is 21.9. The van der Waals surface area contributed by atoms with Crippen molar-refractivity contribution >= 4 is 11.4 Å². The Morgan fingerprint density at radius 2 is 0.804 bits per heavy atom. The Morgan fingerprint density at radius 3 is 1.15 bits per heavy atom. The second kappa shape index (κ2) is 16.0. The number of hydrogen-bond donors (Lipinski definition) is 0. The van der Waals surface area contributed by atoms with Crippen molar-refractivity contribution in [2.24, 2.45) is 0 Å². The molecule has 0 aromatic heterocycles. The molecule has 0 saturated heterocycles. The average molecular weight is 627 g/mol. The lowest BCUT2D eigenvalue weighted by atomic mass is 10.0. The summed E-state index contributed by atoms with van der Waals surface area (Å²) >= 11 is 0. The van der Waals surface area contributed by atoms with Crippen LogP contribution in [0.4, 0.5) is 11.4 Å². The lowest BCUT2D eigenvalue weighted by molar-refractivity contribution is 0.0268. The van der Waals surface area contributed by atoms with Crippen molar-refractivity contribution in [3.63, 3.8) is 0 Å². The minimum absolute atomic E-state index is 0.292. The van der Waals surface area contributed by atoms with Crippen molar-refractivity contribution in [2.75, 3.05) is 49.8 Å². The van der Waals surface area contributed by atoms with Crippen LogP contribution in [0.2, 0.25) is 0 Å². The molecule has 0 bridgehead atoms. The first-order valence-electron chi connectivity index (χ1n) is 15.7. The maximum atomic E-state index is 13.2. The van der Waals surface area contributed by atoms with Crippen LogP contribution < -0.4 is 19.6 Å². The van der Waals surface area contributed by atoms with Crippen LogP contribution in [0, 0.1) is 0 Å².